The molecule has 1 amide bonds. The van der Waals surface area contributed by atoms with Gasteiger partial charge in [-0.3, -0.25) is 9.10 Å². The normalized spacial score (nSPS) is 12.7. The first-order valence-corrected chi connectivity index (χ1v) is 10.3. The predicted molar refractivity (Wildman–Crippen MR) is 104 cm³/mol. The maximum atomic E-state index is 12.3. The van der Waals surface area contributed by atoms with Crippen LogP contribution in [-0.4, -0.2) is 33.9 Å². The molecule has 0 spiro atoms. The number of anilines is 2. The molecule has 2 aromatic rings. The van der Waals surface area contributed by atoms with Crippen molar-refractivity contribution in [2.75, 3.05) is 29.2 Å². The Hall–Kier alpha value is -2.74. The Labute approximate surface area is 158 Å². The van der Waals surface area contributed by atoms with Crippen molar-refractivity contribution in [3.8, 4) is 11.5 Å². The third kappa shape index (κ3) is 4.51. The number of carbonyl (C=O) groups excluding carboxylic acids is 1. The Kier molecular flexibility index (Phi) is 5.27. The van der Waals surface area contributed by atoms with Crippen molar-refractivity contribution in [3.63, 3.8) is 0 Å². The van der Waals surface area contributed by atoms with Crippen LogP contribution >= 0.6 is 0 Å². The molecule has 0 saturated carbocycles. The molecule has 0 aliphatic carbocycles. The third-order valence-corrected chi connectivity index (χ3v) is 5.57. The summed E-state index contributed by atoms with van der Waals surface area (Å²) in [6.45, 7) is 4.09. The zero-order chi connectivity index (χ0) is 19.6. The van der Waals surface area contributed by atoms with E-state index < -0.39 is 10.0 Å². The molecule has 1 aliphatic rings. The Balaban J connectivity index is 1.70. The standard InChI is InChI=1S/C19H22N2O5S/c1-13-4-5-15(10-14(13)2)20-19(22)8-9-21(27(3,23)24)16-6-7-17-18(11-16)26-12-25-17/h4-7,10-11H,8-9,12H2,1-3H3,(H,20,22). The largest absolute Gasteiger partial charge is 0.454 e. The Morgan fingerprint density at radius 1 is 1.07 bits per heavy atom. The van der Waals surface area contributed by atoms with Gasteiger partial charge in [0.2, 0.25) is 22.7 Å². The lowest BCUT2D eigenvalue weighted by atomic mass is 10.1. The van der Waals surface area contributed by atoms with Gasteiger partial charge in [-0.2, -0.15) is 0 Å². The van der Waals surface area contributed by atoms with Crippen molar-refractivity contribution in [1.29, 1.82) is 0 Å². The second-order valence-electron chi connectivity index (χ2n) is 6.47. The van der Waals surface area contributed by atoms with Crippen LogP contribution in [0.2, 0.25) is 0 Å². The second kappa shape index (κ2) is 7.48. The summed E-state index contributed by atoms with van der Waals surface area (Å²) in [5.74, 6) is 0.799. The van der Waals surface area contributed by atoms with Crippen molar-refractivity contribution < 1.29 is 22.7 Å². The summed E-state index contributed by atoms with van der Waals surface area (Å²) in [5.41, 5.74) is 3.34. The van der Waals surface area contributed by atoms with Gasteiger partial charge in [-0.05, 0) is 49.2 Å². The molecule has 1 heterocycles. The lowest BCUT2D eigenvalue weighted by Gasteiger charge is -2.22. The molecule has 0 aromatic heterocycles. The summed E-state index contributed by atoms with van der Waals surface area (Å²) in [5, 5.41) is 2.80. The van der Waals surface area contributed by atoms with E-state index in [0.717, 1.165) is 17.4 Å². The van der Waals surface area contributed by atoms with Crippen LogP contribution in [0.1, 0.15) is 17.5 Å². The number of hydrogen-bond acceptors (Lipinski definition) is 5. The van der Waals surface area contributed by atoms with Crippen LogP contribution in [0, 0.1) is 13.8 Å². The van der Waals surface area contributed by atoms with Crippen LogP contribution in [-0.2, 0) is 14.8 Å². The minimum absolute atomic E-state index is 0.0223. The van der Waals surface area contributed by atoms with Gasteiger partial charge in [-0.15, -0.1) is 0 Å². The molecule has 2 aromatic carbocycles. The zero-order valence-corrected chi connectivity index (χ0v) is 16.3. The summed E-state index contributed by atoms with van der Waals surface area (Å²) < 4.78 is 36.2. The lowest BCUT2D eigenvalue weighted by molar-refractivity contribution is -0.116. The average molecular weight is 390 g/mol. The number of aryl methyl sites for hydroxylation is 2. The van der Waals surface area contributed by atoms with E-state index in [1.165, 1.54) is 4.31 Å². The number of ether oxygens (including phenoxy) is 2. The molecule has 1 N–H and O–H groups in total. The molecule has 144 valence electrons. The van der Waals surface area contributed by atoms with Crippen LogP contribution in [0.3, 0.4) is 0 Å². The number of fused-ring (bicyclic) bond motifs is 1. The van der Waals surface area contributed by atoms with E-state index in [1.807, 2.05) is 32.0 Å². The summed E-state index contributed by atoms with van der Waals surface area (Å²) >= 11 is 0. The smallest absolute Gasteiger partial charge is 0.232 e. The van der Waals surface area contributed by atoms with Gasteiger partial charge in [-0.25, -0.2) is 8.42 Å². The number of hydrogen-bond donors (Lipinski definition) is 1. The van der Waals surface area contributed by atoms with Gasteiger partial charge in [0.15, 0.2) is 11.5 Å². The van der Waals surface area contributed by atoms with Crippen LogP contribution < -0.4 is 19.1 Å². The highest BCUT2D eigenvalue weighted by Gasteiger charge is 2.22. The molecule has 3 rings (SSSR count). The number of amides is 1. The minimum Gasteiger partial charge on any atom is -0.454 e. The average Bonchev–Trinajstić information content (AvgIpc) is 3.05. The number of sulfonamides is 1. The quantitative estimate of drug-likeness (QED) is 0.820. The van der Waals surface area contributed by atoms with Crippen LogP contribution in [0.25, 0.3) is 0 Å². The minimum atomic E-state index is -3.56. The molecule has 0 unspecified atom stereocenters. The second-order valence-corrected chi connectivity index (χ2v) is 8.38. The van der Waals surface area contributed by atoms with E-state index in [0.29, 0.717) is 22.9 Å². The summed E-state index contributed by atoms with van der Waals surface area (Å²) in [7, 11) is -3.56. The molecular formula is C19H22N2O5S. The number of benzene rings is 2. The van der Waals surface area contributed by atoms with Crippen molar-refractivity contribution in [2.24, 2.45) is 0 Å². The van der Waals surface area contributed by atoms with Crippen molar-refractivity contribution in [2.45, 2.75) is 20.3 Å². The van der Waals surface area contributed by atoms with Crippen LogP contribution in [0.4, 0.5) is 11.4 Å². The molecule has 1 aliphatic heterocycles. The number of rotatable bonds is 6. The van der Waals surface area contributed by atoms with Crippen molar-refractivity contribution >= 4 is 27.3 Å². The third-order valence-electron chi connectivity index (χ3n) is 4.38. The Bertz CT molecular complexity index is 972. The summed E-state index contributed by atoms with van der Waals surface area (Å²) in [6.07, 6.45) is 1.13. The SMILES string of the molecule is Cc1ccc(NC(=O)CCN(c2ccc3c(c2)OCO3)S(C)(=O)=O)cc1C. The summed E-state index contributed by atoms with van der Waals surface area (Å²) in [6, 6.07) is 10.5. The molecule has 0 bridgehead atoms. The highest BCUT2D eigenvalue weighted by molar-refractivity contribution is 7.92. The Morgan fingerprint density at radius 3 is 2.52 bits per heavy atom. The van der Waals surface area contributed by atoms with E-state index in [1.54, 1.807) is 18.2 Å². The molecule has 8 heteroatoms. The van der Waals surface area contributed by atoms with Gasteiger partial charge in [0.05, 0.1) is 11.9 Å². The molecule has 0 atom stereocenters. The van der Waals surface area contributed by atoms with E-state index in [2.05, 4.69) is 5.32 Å². The van der Waals surface area contributed by atoms with Crippen molar-refractivity contribution in [1.82, 2.24) is 0 Å². The maximum Gasteiger partial charge on any atom is 0.232 e. The van der Waals surface area contributed by atoms with Gasteiger partial charge in [0.25, 0.3) is 0 Å². The molecule has 7 nitrogen and oxygen atoms in total. The number of nitrogens with one attached hydrogen (secondary N) is 1. The first-order valence-electron chi connectivity index (χ1n) is 8.48. The molecule has 0 radical (unpaired) electrons. The van der Waals surface area contributed by atoms with Gasteiger partial charge in [0.1, 0.15) is 0 Å². The molecular weight excluding hydrogens is 368 g/mol. The van der Waals surface area contributed by atoms with Crippen LogP contribution in [0.5, 0.6) is 11.5 Å². The Morgan fingerprint density at radius 2 is 1.81 bits per heavy atom. The highest BCUT2D eigenvalue weighted by atomic mass is 32.2. The van der Waals surface area contributed by atoms with Gasteiger partial charge in [0, 0.05) is 24.7 Å². The van der Waals surface area contributed by atoms with Gasteiger partial charge in [-0.1, -0.05) is 6.07 Å². The number of carbonyl (C=O) groups is 1. The molecule has 0 fully saturated rings. The van der Waals surface area contributed by atoms with Crippen LogP contribution in [0.15, 0.2) is 36.4 Å². The summed E-state index contributed by atoms with van der Waals surface area (Å²) in [4.78, 5) is 12.3. The fourth-order valence-corrected chi connectivity index (χ4v) is 3.69. The van der Waals surface area contributed by atoms with Gasteiger partial charge >= 0.3 is 0 Å². The topological polar surface area (TPSA) is 84.9 Å². The van der Waals surface area contributed by atoms with E-state index >= 15 is 0 Å². The monoisotopic (exact) mass is 390 g/mol. The molecule has 27 heavy (non-hydrogen) atoms. The predicted octanol–water partition coefficient (Wildman–Crippen LogP) is 2.83. The molecule has 0 saturated heterocycles. The lowest BCUT2D eigenvalue weighted by Crippen LogP contribution is -2.33. The fourth-order valence-electron chi connectivity index (χ4n) is 2.77. The van der Waals surface area contributed by atoms with E-state index in [-0.39, 0.29) is 25.7 Å². The van der Waals surface area contributed by atoms with E-state index in [9.17, 15) is 13.2 Å². The number of nitrogens with zero attached hydrogens (tertiary/aromatic N) is 1. The van der Waals surface area contributed by atoms with Crippen molar-refractivity contribution in [3.05, 3.63) is 47.5 Å². The van der Waals surface area contributed by atoms with Gasteiger partial charge < -0.3 is 14.8 Å². The maximum absolute atomic E-state index is 12.3. The first-order chi connectivity index (χ1) is 12.7. The highest BCUT2D eigenvalue weighted by Crippen LogP contribution is 2.36. The fraction of sp³-hybridized carbons (Fsp3) is 0.316. The first kappa shape index (κ1) is 19.0. The zero-order valence-electron chi connectivity index (χ0n) is 15.5. The van der Waals surface area contributed by atoms with E-state index in [4.69, 9.17) is 9.47 Å².